The Labute approximate surface area is 128 Å². The van der Waals surface area contributed by atoms with Crippen LogP contribution in [0.2, 0.25) is 0 Å². The van der Waals surface area contributed by atoms with Gasteiger partial charge in [-0.05, 0) is 24.5 Å². The van der Waals surface area contributed by atoms with Crippen molar-refractivity contribution in [2.24, 2.45) is 7.05 Å². The van der Waals surface area contributed by atoms with Gasteiger partial charge in [-0.15, -0.1) is 0 Å². The van der Waals surface area contributed by atoms with Crippen LogP contribution in [0.1, 0.15) is 23.3 Å². The van der Waals surface area contributed by atoms with E-state index in [1.54, 1.807) is 17.8 Å². The van der Waals surface area contributed by atoms with Crippen molar-refractivity contribution in [2.75, 3.05) is 6.54 Å². The number of aromatic nitrogens is 2. The van der Waals surface area contributed by atoms with Crippen molar-refractivity contribution in [2.45, 2.75) is 18.9 Å². The zero-order chi connectivity index (χ0) is 15.7. The van der Waals surface area contributed by atoms with Crippen molar-refractivity contribution < 1.29 is 14.7 Å². The quantitative estimate of drug-likeness (QED) is 0.937. The maximum Gasteiger partial charge on any atom is 0.326 e. The van der Waals surface area contributed by atoms with E-state index in [4.69, 9.17) is 0 Å². The largest absolute Gasteiger partial charge is 0.480 e. The topological polar surface area (TPSA) is 75.4 Å². The minimum absolute atomic E-state index is 0.287. The molecule has 1 aromatic heterocycles. The van der Waals surface area contributed by atoms with Crippen molar-refractivity contribution >= 4 is 11.9 Å². The van der Waals surface area contributed by atoms with Gasteiger partial charge in [0.25, 0.3) is 5.91 Å². The average molecular weight is 299 g/mol. The monoisotopic (exact) mass is 299 g/mol. The first kappa shape index (κ1) is 14.3. The SMILES string of the molecule is Cn1nc(C(=O)N2CCC[C@@H]2C(=O)O)cc1-c1ccccc1. The molecule has 3 rings (SSSR count). The molecule has 1 fully saturated rings. The summed E-state index contributed by atoms with van der Waals surface area (Å²) in [5.41, 5.74) is 2.08. The fraction of sp³-hybridized carbons (Fsp3) is 0.312. The van der Waals surface area contributed by atoms with Crippen LogP contribution in [-0.4, -0.2) is 44.3 Å². The number of rotatable bonds is 3. The van der Waals surface area contributed by atoms with Gasteiger partial charge < -0.3 is 10.0 Å². The van der Waals surface area contributed by atoms with Crippen LogP contribution in [0.5, 0.6) is 0 Å². The molecule has 0 saturated carbocycles. The van der Waals surface area contributed by atoms with E-state index in [2.05, 4.69) is 5.10 Å². The van der Waals surface area contributed by atoms with Gasteiger partial charge in [-0.2, -0.15) is 5.10 Å². The fourth-order valence-corrected chi connectivity index (χ4v) is 2.86. The number of hydrogen-bond donors (Lipinski definition) is 1. The molecule has 1 aliphatic heterocycles. The summed E-state index contributed by atoms with van der Waals surface area (Å²) in [6, 6.07) is 10.6. The molecule has 1 aliphatic rings. The number of aryl methyl sites for hydroxylation is 1. The lowest BCUT2D eigenvalue weighted by atomic mass is 10.1. The molecule has 1 saturated heterocycles. The number of carboxylic acid groups (broad SMARTS) is 1. The van der Waals surface area contributed by atoms with Gasteiger partial charge in [0.05, 0.1) is 5.69 Å². The Morgan fingerprint density at radius 1 is 1.27 bits per heavy atom. The summed E-state index contributed by atoms with van der Waals surface area (Å²) in [6.07, 6.45) is 1.21. The predicted octanol–water partition coefficient (Wildman–Crippen LogP) is 1.78. The van der Waals surface area contributed by atoms with E-state index in [9.17, 15) is 14.7 Å². The molecule has 114 valence electrons. The van der Waals surface area contributed by atoms with Gasteiger partial charge in [0.1, 0.15) is 6.04 Å². The first-order valence-electron chi connectivity index (χ1n) is 7.21. The van der Waals surface area contributed by atoms with Crippen LogP contribution >= 0.6 is 0 Å². The number of benzene rings is 1. The van der Waals surface area contributed by atoms with E-state index < -0.39 is 12.0 Å². The second-order valence-corrected chi connectivity index (χ2v) is 5.40. The molecule has 0 unspecified atom stereocenters. The van der Waals surface area contributed by atoms with E-state index in [-0.39, 0.29) is 11.6 Å². The van der Waals surface area contributed by atoms with Crippen molar-refractivity contribution in [3.63, 3.8) is 0 Å². The maximum atomic E-state index is 12.5. The van der Waals surface area contributed by atoms with Gasteiger partial charge in [0, 0.05) is 13.6 Å². The van der Waals surface area contributed by atoms with Gasteiger partial charge in [0.15, 0.2) is 5.69 Å². The fourth-order valence-electron chi connectivity index (χ4n) is 2.86. The van der Waals surface area contributed by atoms with Crippen molar-refractivity contribution in [3.8, 4) is 11.3 Å². The maximum absolute atomic E-state index is 12.5. The molecule has 6 heteroatoms. The summed E-state index contributed by atoms with van der Waals surface area (Å²) in [5.74, 6) is -1.27. The molecule has 1 amide bonds. The van der Waals surface area contributed by atoms with Crippen molar-refractivity contribution in [3.05, 3.63) is 42.1 Å². The molecule has 0 spiro atoms. The summed E-state index contributed by atoms with van der Waals surface area (Å²) >= 11 is 0. The van der Waals surface area contributed by atoms with Gasteiger partial charge in [-0.25, -0.2) is 4.79 Å². The lowest BCUT2D eigenvalue weighted by molar-refractivity contribution is -0.141. The predicted molar refractivity (Wildman–Crippen MR) is 80.3 cm³/mol. The van der Waals surface area contributed by atoms with Gasteiger partial charge in [-0.3, -0.25) is 9.48 Å². The first-order chi connectivity index (χ1) is 10.6. The Balaban J connectivity index is 1.90. The highest BCUT2D eigenvalue weighted by Crippen LogP contribution is 2.23. The first-order valence-corrected chi connectivity index (χ1v) is 7.21. The molecule has 1 N–H and O–H groups in total. The van der Waals surface area contributed by atoms with Crippen molar-refractivity contribution in [1.29, 1.82) is 0 Å². The minimum Gasteiger partial charge on any atom is -0.480 e. The smallest absolute Gasteiger partial charge is 0.326 e. The van der Waals surface area contributed by atoms with Crippen LogP contribution in [0.4, 0.5) is 0 Å². The molecule has 0 radical (unpaired) electrons. The summed E-state index contributed by atoms with van der Waals surface area (Å²) in [7, 11) is 1.78. The number of likely N-dealkylation sites (tertiary alicyclic amines) is 1. The number of amides is 1. The Hall–Kier alpha value is -2.63. The number of hydrogen-bond acceptors (Lipinski definition) is 3. The van der Waals surface area contributed by atoms with Crippen LogP contribution in [0.15, 0.2) is 36.4 Å². The van der Waals surface area contributed by atoms with Crippen LogP contribution < -0.4 is 0 Å². The molecule has 1 atom stereocenters. The zero-order valence-electron chi connectivity index (χ0n) is 12.3. The van der Waals surface area contributed by atoms with Crippen molar-refractivity contribution in [1.82, 2.24) is 14.7 Å². The van der Waals surface area contributed by atoms with Crippen LogP contribution in [0.25, 0.3) is 11.3 Å². The standard InChI is InChI=1S/C16H17N3O3/c1-18-14(11-6-3-2-4-7-11)10-12(17-18)15(20)19-9-5-8-13(19)16(21)22/h2-4,6-7,10,13H,5,8-9H2,1H3,(H,21,22)/t13-/m1/s1. The molecule has 22 heavy (non-hydrogen) atoms. The third-order valence-corrected chi connectivity index (χ3v) is 3.97. The highest BCUT2D eigenvalue weighted by Gasteiger charge is 2.35. The molecule has 1 aromatic carbocycles. The normalized spacial score (nSPS) is 17.7. The highest BCUT2D eigenvalue weighted by molar-refractivity contribution is 5.96. The Morgan fingerprint density at radius 3 is 2.68 bits per heavy atom. The highest BCUT2D eigenvalue weighted by atomic mass is 16.4. The Bertz CT molecular complexity index is 709. The molecule has 2 aromatic rings. The molecular weight excluding hydrogens is 282 g/mol. The van der Waals surface area contributed by atoms with Crippen LogP contribution in [0.3, 0.4) is 0 Å². The van der Waals surface area contributed by atoms with E-state index in [0.29, 0.717) is 19.4 Å². The van der Waals surface area contributed by atoms with E-state index >= 15 is 0 Å². The summed E-state index contributed by atoms with van der Waals surface area (Å²) in [5, 5.41) is 13.5. The van der Waals surface area contributed by atoms with Gasteiger partial charge >= 0.3 is 5.97 Å². The number of nitrogens with zero attached hydrogens (tertiary/aromatic N) is 3. The second kappa shape index (κ2) is 5.63. The number of carbonyl (C=O) groups excluding carboxylic acids is 1. The summed E-state index contributed by atoms with van der Waals surface area (Å²) < 4.78 is 1.65. The Kier molecular flexibility index (Phi) is 3.66. The minimum atomic E-state index is -0.954. The lowest BCUT2D eigenvalue weighted by Crippen LogP contribution is -2.40. The van der Waals surface area contributed by atoms with Crippen LogP contribution in [-0.2, 0) is 11.8 Å². The number of aliphatic carboxylic acids is 1. The number of carbonyl (C=O) groups is 2. The molecular formula is C16H17N3O3. The third kappa shape index (κ3) is 2.47. The molecule has 0 aliphatic carbocycles. The second-order valence-electron chi connectivity index (χ2n) is 5.40. The third-order valence-electron chi connectivity index (χ3n) is 3.97. The summed E-state index contributed by atoms with van der Waals surface area (Å²) in [4.78, 5) is 25.2. The zero-order valence-corrected chi connectivity index (χ0v) is 12.3. The van der Waals surface area contributed by atoms with E-state index in [1.165, 1.54) is 4.90 Å². The van der Waals surface area contributed by atoms with Gasteiger partial charge in [0.2, 0.25) is 0 Å². The Morgan fingerprint density at radius 2 is 2.00 bits per heavy atom. The summed E-state index contributed by atoms with van der Waals surface area (Å²) in [6.45, 7) is 0.465. The average Bonchev–Trinajstić information content (AvgIpc) is 3.14. The lowest BCUT2D eigenvalue weighted by Gasteiger charge is -2.19. The van der Waals surface area contributed by atoms with E-state index in [1.807, 2.05) is 30.3 Å². The molecule has 2 heterocycles. The van der Waals surface area contributed by atoms with Gasteiger partial charge in [-0.1, -0.05) is 30.3 Å². The number of carboxylic acids is 1. The molecule has 6 nitrogen and oxygen atoms in total. The molecule has 0 bridgehead atoms. The van der Waals surface area contributed by atoms with E-state index in [0.717, 1.165) is 11.3 Å². The van der Waals surface area contributed by atoms with Crippen LogP contribution in [0, 0.1) is 0 Å².